The quantitative estimate of drug-likeness (QED) is 0.732. The molecule has 0 saturated heterocycles. The summed E-state index contributed by atoms with van der Waals surface area (Å²) in [4.78, 5) is 33.8. The standard InChI is InChI=1S/C12H17N5O2/c1-2-3-4-5-10-14-6-8-11(16-10)17(7-9(13)18)12(19)15-8/h6H,2-5,7H2,1H3,(H2,13,18)(H,15,19). The fraction of sp³-hybridized carbons (Fsp3) is 0.500. The molecule has 19 heavy (non-hydrogen) atoms. The SMILES string of the molecule is CCCCCc1ncc2[nH]c(=O)n(CC(N)=O)c2n1. The monoisotopic (exact) mass is 263 g/mol. The molecule has 0 aliphatic heterocycles. The van der Waals surface area contributed by atoms with Crippen molar-refractivity contribution in [3.05, 3.63) is 22.5 Å². The van der Waals surface area contributed by atoms with Crippen LogP contribution in [0.5, 0.6) is 0 Å². The molecule has 0 unspecified atom stereocenters. The Labute approximate surface area is 109 Å². The third kappa shape index (κ3) is 2.98. The van der Waals surface area contributed by atoms with Gasteiger partial charge >= 0.3 is 5.69 Å². The smallest absolute Gasteiger partial charge is 0.328 e. The van der Waals surface area contributed by atoms with Crippen LogP contribution in [0.3, 0.4) is 0 Å². The minimum atomic E-state index is -0.575. The molecule has 2 aromatic rings. The van der Waals surface area contributed by atoms with Gasteiger partial charge in [0.05, 0.1) is 6.20 Å². The van der Waals surface area contributed by atoms with Crippen LogP contribution in [0.1, 0.15) is 32.0 Å². The van der Waals surface area contributed by atoms with Crippen molar-refractivity contribution >= 4 is 17.1 Å². The summed E-state index contributed by atoms with van der Waals surface area (Å²) in [6, 6.07) is 0. The number of hydrogen-bond donors (Lipinski definition) is 2. The molecule has 7 nitrogen and oxygen atoms in total. The highest BCUT2D eigenvalue weighted by Gasteiger charge is 2.11. The molecule has 102 valence electrons. The number of nitrogens with two attached hydrogens (primary N) is 1. The molecule has 0 aliphatic carbocycles. The minimum absolute atomic E-state index is 0.176. The predicted molar refractivity (Wildman–Crippen MR) is 70.6 cm³/mol. The first-order valence-corrected chi connectivity index (χ1v) is 6.34. The summed E-state index contributed by atoms with van der Waals surface area (Å²) in [6.07, 6.45) is 5.58. The van der Waals surface area contributed by atoms with Gasteiger partial charge in [-0.3, -0.25) is 9.36 Å². The Hall–Kier alpha value is -2.18. The Balaban J connectivity index is 2.34. The summed E-state index contributed by atoms with van der Waals surface area (Å²) in [6.45, 7) is 1.95. The number of carbonyl (C=O) groups excluding carboxylic acids is 1. The van der Waals surface area contributed by atoms with Crippen LogP contribution in [0.2, 0.25) is 0 Å². The zero-order valence-electron chi connectivity index (χ0n) is 10.8. The number of H-pyrrole nitrogens is 1. The largest absolute Gasteiger partial charge is 0.368 e. The van der Waals surface area contributed by atoms with E-state index in [4.69, 9.17) is 5.73 Å². The van der Waals surface area contributed by atoms with Gasteiger partial charge in [0, 0.05) is 6.42 Å². The first kappa shape index (κ1) is 13.3. The number of nitrogens with one attached hydrogen (secondary N) is 1. The van der Waals surface area contributed by atoms with Crippen molar-refractivity contribution in [2.45, 2.75) is 39.2 Å². The molecule has 2 aromatic heterocycles. The van der Waals surface area contributed by atoms with Crippen molar-refractivity contribution in [3.63, 3.8) is 0 Å². The van der Waals surface area contributed by atoms with Gasteiger partial charge in [-0.1, -0.05) is 19.8 Å². The number of aromatic nitrogens is 4. The first-order valence-electron chi connectivity index (χ1n) is 6.34. The second-order valence-electron chi connectivity index (χ2n) is 4.46. The molecule has 3 N–H and O–H groups in total. The van der Waals surface area contributed by atoms with Crippen LogP contribution in [-0.4, -0.2) is 25.4 Å². The summed E-state index contributed by atoms with van der Waals surface area (Å²) in [5.41, 5.74) is 5.68. The van der Waals surface area contributed by atoms with E-state index in [1.54, 1.807) is 6.20 Å². The van der Waals surface area contributed by atoms with E-state index < -0.39 is 11.6 Å². The van der Waals surface area contributed by atoms with Gasteiger partial charge in [0.25, 0.3) is 0 Å². The molecule has 0 spiro atoms. The molecule has 0 atom stereocenters. The molecule has 2 rings (SSSR count). The third-order valence-electron chi connectivity index (χ3n) is 2.88. The van der Waals surface area contributed by atoms with E-state index in [0.717, 1.165) is 25.7 Å². The highest BCUT2D eigenvalue weighted by Crippen LogP contribution is 2.08. The molecule has 0 aromatic carbocycles. The summed E-state index contributed by atoms with van der Waals surface area (Å²) in [7, 11) is 0. The maximum Gasteiger partial charge on any atom is 0.328 e. The number of amides is 1. The van der Waals surface area contributed by atoms with Gasteiger partial charge in [-0.15, -0.1) is 0 Å². The van der Waals surface area contributed by atoms with Gasteiger partial charge < -0.3 is 10.7 Å². The summed E-state index contributed by atoms with van der Waals surface area (Å²) < 4.78 is 1.24. The zero-order chi connectivity index (χ0) is 13.8. The highest BCUT2D eigenvalue weighted by atomic mass is 16.2. The van der Waals surface area contributed by atoms with E-state index in [0.29, 0.717) is 17.0 Å². The Bertz CT molecular complexity index is 643. The summed E-state index contributed by atoms with van der Waals surface area (Å²) >= 11 is 0. The molecule has 0 radical (unpaired) electrons. The number of nitrogens with zero attached hydrogens (tertiary/aromatic N) is 3. The Morgan fingerprint density at radius 3 is 2.95 bits per heavy atom. The highest BCUT2D eigenvalue weighted by molar-refractivity contribution is 5.77. The van der Waals surface area contributed by atoms with Crippen molar-refractivity contribution in [2.24, 2.45) is 5.73 Å². The Morgan fingerprint density at radius 1 is 1.47 bits per heavy atom. The number of primary amides is 1. The number of fused-ring (bicyclic) bond motifs is 1. The minimum Gasteiger partial charge on any atom is -0.368 e. The average molecular weight is 263 g/mol. The lowest BCUT2D eigenvalue weighted by molar-refractivity contribution is -0.118. The molecule has 0 aliphatic rings. The van der Waals surface area contributed by atoms with Crippen molar-refractivity contribution in [1.29, 1.82) is 0 Å². The lowest BCUT2D eigenvalue weighted by Crippen LogP contribution is -2.26. The van der Waals surface area contributed by atoms with E-state index in [1.807, 2.05) is 0 Å². The summed E-state index contributed by atoms with van der Waals surface area (Å²) in [5.74, 6) is 0.104. The van der Waals surface area contributed by atoms with Gasteiger partial charge in [0.1, 0.15) is 17.9 Å². The second-order valence-corrected chi connectivity index (χ2v) is 4.46. The zero-order valence-corrected chi connectivity index (χ0v) is 10.8. The van der Waals surface area contributed by atoms with Crippen LogP contribution in [0.4, 0.5) is 0 Å². The van der Waals surface area contributed by atoms with Crippen LogP contribution >= 0.6 is 0 Å². The number of aromatic amines is 1. The number of unbranched alkanes of at least 4 members (excludes halogenated alkanes) is 2. The van der Waals surface area contributed by atoms with Crippen molar-refractivity contribution in [2.75, 3.05) is 0 Å². The molecule has 0 fully saturated rings. The number of imidazole rings is 1. The van der Waals surface area contributed by atoms with Crippen LogP contribution in [0.25, 0.3) is 11.2 Å². The molecular weight excluding hydrogens is 246 g/mol. The van der Waals surface area contributed by atoms with E-state index in [-0.39, 0.29) is 6.54 Å². The molecule has 7 heteroatoms. The van der Waals surface area contributed by atoms with Crippen molar-refractivity contribution in [1.82, 2.24) is 19.5 Å². The number of carbonyl (C=O) groups is 1. The molecule has 1 amide bonds. The second kappa shape index (κ2) is 5.64. The fourth-order valence-corrected chi connectivity index (χ4v) is 1.94. The van der Waals surface area contributed by atoms with Crippen LogP contribution in [-0.2, 0) is 17.8 Å². The van der Waals surface area contributed by atoms with E-state index in [2.05, 4.69) is 21.9 Å². The van der Waals surface area contributed by atoms with E-state index >= 15 is 0 Å². The lowest BCUT2D eigenvalue weighted by Gasteiger charge is -2.01. The number of rotatable bonds is 6. The maximum atomic E-state index is 11.7. The Morgan fingerprint density at radius 2 is 2.26 bits per heavy atom. The maximum absolute atomic E-state index is 11.7. The number of aryl methyl sites for hydroxylation is 1. The van der Waals surface area contributed by atoms with Gasteiger partial charge in [-0.2, -0.15) is 0 Å². The van der Waals surface area contributed by atoms with Gasteiger partial charge in [-0.05, 0) is 6.42 Å². The lowest BCUT2D eigenvalue weighted by atomic mass is 10.2. The van der Waals surface area contributed by atoms with E-state index in [9.17, 15) is 9.59 Å². The molecule has 0 saturated carbocycles. The average Bonchev–Trinajstić information content (AvgIpc) is 2.66. The van der Waals surface area contributed by atoms with Crippen LogP contribution in [0.15, 0.2) is 11.0 Å². The molecular formula is C12H17N5O2. The van der Waals surface area contributed by atoms with Gasteiger partial charge in [-0.25, -0.2) is 14.8 Å². The van der Waals surface area contributed by atoms with Crippen molar-refractivity contribution < 1.29 is 4.79 Å². The first-order chi connectivity index (χ1) is 9.11. The number of hydrogen-bond acceptors (Lipinski definition) is 4. The normalized spacial score (nSPS) is 11.0. The summed E-state index contributed by atoms with van der Waals surface area (Å²) in [5, 5.41) is 0. The molecule has 2 heterocycles. The van der Waals surface area contributed by atoms with Crippen molar-refractivity contribution in [3.8, 4) is 0 Å². The predicted octanol–water partition coefficient (Wildman–Crippen LogP) is 0.338. The third-order valence-corrected chi connectivity index (χ3v) is 2.88. The van der Waals surface area contributed by atoms with Crippen LogP contribution < -0.4 is 11.4 Å². The Kier molecular flexibility index (Phi) is 3.94. The van der Waals surface area contributed by atoms with Gasteiger partial charge in [0.2, 0.25) is 5.91 Å². The van der Waals surface area contributed by atoms with Crippen LogP contribution in [0, 0.1) is 0 Å². The topological polar surface area (TPSA) is 107 Å². The van der Waals surface area contributed by atoms with Gasteiger partial charge in [0.15, 0.2) is 5.65 Å². The fourth-order valence-electron chi connectivity index (χ4n) is 1.94. The van der Waals surface area contributed by atoms with E-state index in [1.165, 1.54) is 4.57 Å². The molecule has 0 bridgehead atoms.